The minimum absolute atomic E-state index is 0.213. The van der Waals surface area contributed by atoms with E-state index in [0.717, 1.165) is 10.0 Å². The maximum Gasteiger partial charge on any atom is 0.255 e. The van der Waals surface area contributed by atoms with E-state index in [1.165, 1.54) is 0 Å². The van der Waals surface area contributed by atoms with Crippen LogP contribution < -0.4 is 10.1 Å². The number of halogens is 2. The van der Waals surface area contributed by atoms with Crippen LogP contribution in [0.1, 0.15) is 15.9 Å². The first-order valence-electron chi connectivity index (χ1n) is 5.91. The van der Waals surface area contributed by atoms with Crippen LogP contribution in [0.5, 0.6) is 5.75 Å². The molecule has 0 aliphatic rings. The lowest BCUT2D eigenvalue weighted by Gasteiger charge is -2.11. The van der Waals surface area contributed by atoms with Gasteiger partial charge in [0.25, 0.3) is 5.91 Å². The average Bonchev–Trinajstić information content (AvgIpc) is 2.37. The highest BCUT2D eigenvalue weighted by Gasteiger charge is 2.11. The number of nitrogens with one attached hydrogen (secondary N) is 1. The molecule has 0 radical (unpaired) electrons. The minimum atomic E-state index is -0.213. The molecule has 0 saturated carbocycles. The summed E-state index contributed by atoms with van der Waals surface area (Å²) in [4.78, 5) is 12.3. The van der Waals surface area contributed by atoms with Gasteiger partial charge in [0.1, 0.15) is 5.75 Å². The van der Waals surface area contributed by atoms with Gasteiger partial charge in [0.2, 0.25) is 0 Å². The predicted molar refractivity (Wildman–Crippen MR) is 84.8 cm³/mol. The van der Waals surface area contributed by atoms with E-state index < -0.39 is 0 Å². The SMILES string of the molecule is COc1ccc(Cl)cc1NC(=O)c1cc(C)cc(Br)c1. The molecule has 3 nitrogen and oxygen atoms in total. The summed E-state index contributed by atoms with van der Waals surface area (Å²) in [6.07, 6.45) is 0. The lowest BCUT2D eigenvalue weighted by molar-refractivity contribution is 0.102. The average molecular weight is 355 g/mol. The molecule has 0 spiro atoms. The van der Waals surface area contributed by atoms with Gasteiger partial charge in [-0.2, -0.15) is 0 Å². The first-order chi connectivity index (χ1) is 9.49. The summed E-state index contributed by atoms with van der Waals surface area (Å²) in [5.41, 5.74) is 2.11. The summed E-state index contributed by atoms with van der Waals surface area (Å²) in [6.45, 7) is 1.93. The van der Waals surface area contributed by atoms with Gasteiger partial charge < -0.3 is 10.1 Å². The Balaban J connectivity index is 2.29. The first-order valence-corrected chi connectivity index (χ1v) is 7.09. The highest BCUT2D eigenvalue weighted by Crippen LogP contribution is 2.28. The molecular weight excluding hydrogens is 342 g/mol. The third-order valence-electron chi connectivity index (χ3n) is 2.71. The maximum atomic E-state index is 12.3. The molecule has 0 aliphatic carbocycles. The van der Waals surface area contributed by atoms with Gasteiger partial charge in [-0.3, -0.25) is 4.79 Å². The van der Waals surface area contributed by atoms with Crippen molar-refractivity contribution in [1.29, 1.82) is 0 Å². The molecule has 0 saturated heterocycles. The lowest BCUT2D eigenvalue weighted by atomic mass is 10.1. The largest absolute Gasteiger partial charge is 0.495 e. The molecule has 0 atom stereocenters. The van der Waals surface area contributed by atoms with E-state index in [0.29, 0.717) is 22.0 Å². The normalized spacial score (nSPS) is 10.2. The molecule has 0 heterocycles. The van der Waals surface area contributed by atoms with E-state index in [2.05, 4.69) is 21.2 Å². The Morgan fingerprint density at radius 2 is 2.00 bits per heavy atom. The molecule has 0 aliphatic heterocycles. The topological polar surface area (TPSA) is 38.3 Å². The van der Waals surface area contributed by atoms with Gasteiger partial charge in [-0.05, 0) is 48.9 Å². The van der Waals surface area contributed by atoms with Gasteiger partial charge in [-0.1, -0.05) is 27.5 Å². The fourth-order valence-corrected chi connectivity index (χ4v) is 2.62. The number of benzene rings is 2. The standard InChI is InChI=1S/C15H13BrClNO2/c1-9-5-10(7-11(16)6-9)15(19)18-13-8-12(17)3-4-14(13)20-2/h3-8H,1-2H3,(H,18,19). The number of ether oxygens (including phenoxy) is 1. The van der Waals surface area contributed by atoms with Crippen molar-refractivity contribution in [3.05, 3.63) is 57.0 Å². The fraction of sp³-hybridized carbons (Fsp3) is 0.133. The second kappa shape index (κ2) is 6.29. The van der Waals surface area contributed by atoms with Gasteiger partial charge in [-0.15, -0.1) is 0 Å². The molecule has 2 aromatic carbocycles. The van der Waals surface area contributed by atoms with Crippen LogP contribution in [0.2, 0.25) is 5.02 Å². The highest BCUT2D eigenvalue weighted by molar-refractivity contribution is 9.10. The first kappa shape index (κ1) is 14.9. The number of carbonyl (C=O) groups excluding carboxylic acids is 1. The maximum absolute atomic E-state index is 12.3. The van der Waals surface area contributed by atoms with Crippen molar-refractivity contribution < 1.29 is 9.53 Å². The summed E-state index contributed by atoms with van der Waals surface area (Å²) in [5, 5.41) is 3.34. The molecule has 0 bridgehead atoms. The molecule has 2 rings (SSSR count). The third-order valence-corrected chi connectivity index (χ3v) is 3.41. The van der Waals surface area contributed by atoms with Crippen LogP contribution >= 0.6 is 27.5 Å². The summed E-state index contributed by atoms with van der Waals surface area (Å²) >= 11 is 9.32. The number of amides is 1. The lowest BCUT2D eigenvalue weighted by Crippen LogP contribution is -2.13. The van der Waals surface area contributed by atoms with Gasteiger partial charge >= 0.3 is 0 Å². The molecule has 1 N–H and O–H groups in total. The monoisotopic (exact) mass is 353 g/mol. The Morgan fingerprint density at radius 3 is 2.65 bits per heavy atom. The number of methoxy groups -OCH3 is 1. The molecule has 0 aromatic heterocycles. The van der Waals surface area contributed by atoms with E-state index in [-0.39, 0.29) is 5.91 Å². The second-order valence-electron chi connectivity index (χ2n) is 4.32. The quantitative estimate of drug-likeness (QED) is 0.869. The number of carbonyl (C=O) groups is 1. The number of rotatable bonds is 3. The smallest absolute Gasteiger partial charge is 0.255 e. The minimum Gasteiger partial charge on any atom is -0.495 e. The van der Waals surface area contributed by atoms with E-state index >= 15 is 0 Å². The number of aryl methyl sites for hydroxylation is 1. The van der Waals surface area contributed by atoms with Crippen molar-refractivity contribution in [2.75, 3.05) is 12.4 Å². The summed E-state index contributed by atoms with van der Waals surface area (Å²) in [7, 11) is 1.54. The van der Waals surface area contributed by atoms with E-state index in [4.69, 9.17) is 16.3 Å². The molecule has 104 valence electrons. The summed E-state index contributed by atoms with van der Waals surface area (Å²) in [5.74, 6) is 0.351. The second-order valence-corrected chi connectivity index (χ2v) is 5.67. The van der Waals surface area contributed by atoms with Crippen LogP contribution in [-0.4, -0.2) is 13.0 Å². The van der Waals surface area contributed by atoms with E-state index in [1.54, 1.807) is 31.4 Å². The molecule has 5 heteroatoms. The zero-order valence-electron chi connectivity index (χ0n) is 11.0. The van der Waals surface area contributed by atoms with Gasteiger partial charge in [-0.25, -0.2) is 0 Å². The van der Waals surface area contributed by atoms with Crippen LogP contribution in [0.25, 0.3) is 0 Å². The number of hydrogen-bond donors (Lipinski definition) is 1. The van der Waals surface area contributed by atoms with Crippen molar-refractivity contribution >= 4 is 39.1 Å². The van der Waals surface area contributed by atoms with Crippen molar-refractivity contribution in [3.63, 3.8) is 0 Å². The Labute approximate surface area is 131 Å². The zero-order chi connectivity index (χ0) is 14.7. The van der Waals surface area contributed by atoms with Gasteiger partial charge in [0, 0.05) is 15.1 Å². The molecule has 0 fully saturated rings. The van der Waals surface area contributed by atoms with Crippen molar-refractivity contribution in [3.8, 4) is 5.75 Å². The summed E-state index contributed by atoms with van der Waals surface area (Å²) < 4.78 is 6.06. The van der Waals surface area contributed by atoms with Crippen molar-refractivity contribution in [2.24, 2.45) is 0 Å². The Bertz CT molecular complexity index is 638. The number of anilines is 1. The van der Waals surface area contributed by atoms with Gasteiger partial charge in [0.05, 0.1) is 12.8 Å². The Kier molecular flexibility index (Phi) is 4.68. The predicted octanol–water partition coefficient (Wildman–Crippen LogP) is 4.67. The number of hydrogen-bond acceptors (Lipinski definition) is 2. The highest BCUT2D eigenvalue weighted by atomic mass is 79.9. The fourth-order valence-electron chi connectivity index (χ4n) is 1.84. The third kappa shape index (κ3) is 3.52. The van der Waals surface area contributed by atoms with Crippen LogP contribution in [0, 0.1) is 6.92 Å². The molecule has 0 unspecified atom stereocenters. The van der Waals surface area contributed by atoms with Crippen molar-refractivity contribution in [2.45, 2.75) is 6.92 Å². The molecular formula is C15H13BrClNO2. The Morgan fingerprint density at radius 1 is 1.25 bits per heavy atom. The molecule has 2 aromatic rings. The Hall–Kier alpha value is -1.52. The van der Waals surface area contributed by atoms with Crippen molar-refractivity contribution in [1.82, 2.24) is 0 Å². The van der Waals surface area contributed by atoms with E-state index in [9.17, 15) is 4.79 Å². The van der Waals surface area contributed by atoms with E-state index in [1.807, 2.05) is 19.1 Å². The summed E-state index contributed by atoms with van der Waals surface area (Å²) in [6, 6.07) is 10.6. The zero-order valence-corrected chi connectivity index (χ0v) is 13.4. The van der Waals surface area contributed by atoms with Crippen LogP contribution in [0.4, 0.5) is 5.69 Å². The van der Waals surface area contributed by atoms with Gasteiger partial charge in [0.15, 0.2) is 0 Å². The van der Waals surface area contributed by atoms with Crippen LogP contribution in [0.3, 0.4) is 0 Å². The van der Waals surface area contributed by atoms with Crippen LogP contribution in [0.15, 0.2) is 40.9 Å². The van der Waals surface area contributed by atoms with Crippen LogP contribution in [-0.2, 0) is 0 Å². The molecule has 1 amide bonds. The molecule has 20 heavy (non-hydrogen) atoms.